The van der Waals surface area contributed by atoms with E-state index in [4.69, 9.17) is 9.15 Å². The molecule has 0 fully saturated rings. The molecule has 140 valence electrons. The van der Waals surface area contributed by atoms with E-state index in [1.54, 1.807) is 31.2 Å². The van der Waals surface area contributed by atoms with Crippen LogP contribution in [0.3, 0.4) is 0 Å². The predicted molar refractivity (Wildman–Crippen MR) is 96.9 cm³/mol. The van der Waals surface area contributed by atoms with Crippen molar-refractivity contribution in [3.05, 3.63) is 59.7 Å². The first kappa shape index (κ1) is 19.0. The number of halogens is 2. The zero-order valence-electron chi connectivity index (χ0n) is 14.6. The van der Waals surface area contributed by atoms with Gasteiger partial charge in [-0.05, 0) is 56.3 Å². The van der Waals surface area contributed by atoms with Gasteiger partial charge in [0.25, 0.3) is 5.22 Å². The van der Waals surface area contributed by atoms with Crippen LogP contribution in [0.5, 0.6) is 5.75 Å². The summed E-state index contributed by atoms with van der Waals surface area (Å²) in [6.45, 7) is 4.11. The lowest BCUT2D eigenvalue weighted by molar-refractivity contribution is 0.0993. The molecular weight excluding hydrogens is 374 g/mol. The van der Waals surface area contributed by atoms with Crippen molar-refractivity contribution in [2.75, 3.05) is 6.61 Å². The minimum atomic E-state index is -1.06. The van der Waals surface area contributed by atoms with E-state index in [1.807, 2.05) is 6.92 Å². The molecule has 0 spiro atoms. The van der Waals surface area contributed by atoms with Crippen molar-refractivity contribution < 1.29 is 22.7 Å². The van der Waals surface area contributed by atoms with E-state index >= 15 is 0 Å². The summed E-state index contributed by atoms with van der Waals surface area (Å²) in [6.07, 6.45) is 0. The van der Waals surface area contributed by atoms with Gasteiger partial charge < -0.3 is 9.15 Å². The van der Waals surface area contributed by atoms with Crippen molar-refractivity contribution in [1.29, 1.82) is 0 Å². The van der Waals surface area contributed by atoms with Crippen LogP contribution in [0.1, 0.15) is 24.2 Å². The Labute approximate surface area is 158 Å². The molecule has 0 aliphatic heterocycles. The maximum atomic E-state index is 13.3. The Balaban J connectivity index is 1.69. The van der Waals surface area contributed by atoms with Crippen molar-refractivity contribution in [2.24, 2.45) is 0 Å². The lowest BCUT2D eigenvalue weighted by Crippen LogP contribution is -2.14. The Morgan fingerprint density at radius 1 is 1.15 bits per heavy atom. The highest BCUT2D eigenvalue weighted by molar-refractivity contribution is 8.00. The molecule has 2 aromatic carbocycles. The van der Waals surface area contributed by atoms with Crippen molar-refractivity contribution in [3.8, 4) is 17.2 Å². The third kappa shape index (κ3) is 4.51. The molecule has 0 radical (unpaired) electrons. The lowest BCUT2D eigenvalue weighted by atomic mass is 10.1. The van der Waals surface area contributed by atoms with Crippen molar-refractivity contribution >= 4 is 17.5 Å². The molecule has 3 aromatic rings. The van der Waals surface area contributed by atoms with E-state index in [0.29, 0.717) is 12.5 Å². The fourth-order valence-corrected chi connectivity index (χ4v) is 3.08. The zero-order valence-corrected chi connectivity index (χ0v) is 15.4. The van der Waals surface area contributed by atoms with E-state index < -0.39 is 16.9 Å². The summed E-state index contributed by atoms with van der Waals surface area (Å²) in [6, 6.07) is 10.2. The van der Waals surface area contributed by atoms with Crippen LogP contribution in [0.15, 0.2) is 52.1 Å². The summed E-state index contributed by atoms with van der Waals surface area (Å²) in [4.78, 5) is 12.4. The Bertz CT molecular complexity index is 944. The smallest absolute Gasteiger partial charge is 0.277 e. The van der Waals surface area contributed by atoms with Crippen LogP contribution in [0, 0.1) is 11.6 Å². The third-order valence-corrected chi connectivity index (χ3v) is 4.60. The largest absolute Gasteiger partial charge is 0.494 e. The Morgan fingerprint density at radius 3 is 2.56 bits per heavy atom. The Morgan fingerprint density at radius 2 is 1.89 bits per heavy atom. The summed E-state index contributed by atoms with van der Waals surface area (Å²) >= 11 is 1.05. The fourth-order valence-electron chi connectivity index (χ4n) is 2.32. The molecular formula is C19H16F2N2O3S. The highest BCUT2D eigenvalue weighted by Gasteiger charge is 2.21. The van der Waals surface area contributed by atoms with Crippen LogP contribution in [0.4, 0.5) is 8.78 Å². The first-order chi connectivity index (χ1) is 13.0. The third-order valence-electron chi connectivity index (χ3n) is 3.67. The topological polar surface area (TPSA) is 65.2 Å². The Kier molecular flexibility index (Phi) is 5.85. The van der Waals surface area contributed by atoms with Gasteiger partial charge in [-0.1, -0.05) is 11.8 Å². The number of ketones is 1. The van der Waals surface area contributed by atoms with Gasteiger partial charge in [-0.2, -0.15) is 0 Å². The molecule has 0 aliphatic rings. The van der Waals surface area contributed by atoms with Crippen LogP contribution >= 0.6 is 11.8 Å². The second-order valence-corrected chi connectivity index (χ2v) is 6.88. The molecule has 5 nitrogen and oxygen atoms in total. The predicted octanol–water partition coefficient (Wildman–Crippen LogP) is 4.78. The van der Waals surface area contributed by atoms with Crippen molar-refractivity contribution in [1.82, 2.24) is 10.2 Å². The van der Waals surface area contributed by atoms with Crippen molar-refractivity contribution in [2.45, 2.75) is 24.3 Å². The van der Waals surface area contributed by atoms with Gasteiger partial charge in [0.2, 0.25) is 5.89 Å². The second kappa shape index (κ2) is 8.30. The molecule has 1 aromatic heterocycles. The number of benzene rings is 2. The molecule has 8 heteroatoms. The molecule has 0 saturated carbocycles. The summed E-state index contributed by atoms with van der Waals surface area (Å²) in [5.74, 6) is -1.37. The van der Waals surface area contributed by atoms with Crippen LogP contribution in [0.25, 0.3) is 11.5 Å². The van der Waals surface area contributed by atoms with Gasteiger partial charge in [-0.15, -0.1) is 10.2 Å². The molecule has 1 atom stereocenters. The van der Waals surface area contributed by atoms with E-state index in [-0.39, 0.29) is 16.6 Å². The second-order valence-electron chi connectivity index (χ2n) is 5.58. The number of thioether (sulfide) groups is 1. The highest BCUT2D eigenvalue weighted by atomic mass is 32.2. The number of nitrogens with zero attached hydrogens (tertiary/aromatic N) is 2. The van der Waals surface area contributed by atoms with E-state index in [9.17, 15) is 13.6 Å². The number of rotatable bonds is 7. The fraction of sp³-hybridized carbons (Fsp3) is 0.211. The number of Topliss-reactive ketones (excluding diaryl/α,β-unsaturated/α-hetero) is 1. The van der Waals surface area contributed by atoms with E-state index in [0.717, 1.165) is 35.2 Å². The van der Waals surface area contributed by atoms with Gasteiger partial charge in [-0.3, -0.25) is 4.79 Å². The van der Waals surface area contributed by atoms with E-state index in [1.165, 1.54) is 6.07 Å². The average molecular weight is 390 g/mol. The van der Waals surface area contributed by atoms with Crippen molar-refractivity contribution in [3.63, 3.8) is 0 Å². The number of carbonyl (C=O) groups excluding carboxylic acids is 1. The SMILES string of the molecule is CCOc1ccc(-c2nnc(S[C@@H](C)C(=O)c3ccc(F)c(F)c3)o2)cc1. The minimum Gasteiger partial charge on any atom is -0.494 e. The van der Waals surface area contributed by atoms with Crippen LogP contribution < -0.4 is 4.74 Å². The normalized spacial score (nSPS) is 12.0. The quantitative estimate of drug-likeness (QED) is 0.427. The maximum absolute atomic E-state index is 13.3. The van der Waals surface area contributed by atoms with Crippen LogP contribution in [0.2, 0.25) is 0 Å². The average Bonchev–Trinajstić information content (AvgIpc) is 3.12. The highest BCUT2D eigenvalue weighted by Crippen LogP contribution is 2.28. The first-order valence-corrected chi connectivity index (χ1v) is 9.08. The maximum Gasteiger partial charge on any atom is 0.277 e. The summed E-state index contributed by atoms with van der Waals surface area (Å²) in [5, 5.41) is 7.50. The van der Waals surface area contributed by atoms with Gasteiger partial charge in [0.15, 0.2) is 17.4 Å². The number of ether oxygens (including phenoxy) is 1. The van der Waals surface area contributed by atoms with Crippen LogP contribution in [-0.4, -0.2) is 27.8 Å². The van der Waals surface area contributed by atoms with Gasteiger partial charge in [-0.25, -0.2) is 8.78 Å². The van der Waals surface area contributed by atoms with Gasteiger partial charge in [0.1, 0.15) is 5.75 Å². The summed E-state index contributed by atoms with van der Waals surface area (Å²) < 4.78 is 37.3. The summed E-state index contributed by atoms with van der Waals surface area (Å²) in [7, 11) is 0. The molecule has 0 saturated heterocycles. The first-order valence-electron chi connectivity index (χ1n) is 8.20. The Hall–Kier alpha value is -2.74. The molecule has 0 bridgehead atoms. The molecule has 0 N–H and O–H groups in total. The summed E-state index contributed by atoms with van der Waals surface area (Å²) in [5.41, 5.74) is 0.803. The number of hydrogen-bond acceptors (Lipinski definition) is 6. The molecule has 0 aliphatic carbocycles. The number of aromatic nitrogens is 2. The van der Waals surface area contributed by atoms with Gasteiger partial charge >= 0.3 is 0 Å². The molecule has 3 rings (SSSR count). The zero-order chi connectivity index (χ0) is 19.4. The van der Waals surface area contributed by atoms with E-state index in [2.05, 4.69) is 10.2 Å². The minimum absolute atomic E-state index is 0.0835. The number of hydrogen-bond donors (Lipinski definition) is 0. The number of carbonyl (C=O) groups is 1. The molecule has 0 amide bonds. The monoisotopic (exact) mass is 390 g/mol. The molecule has 27 heavy (non-hydrogen) atoms. The lowest BCUT2D eigenvalue weighted by Gasteiger charge is -2.07. The standard InChI is InChI=1S/C19H16F2N2O3S/c1-3-25-14-7-4-12(5-8-14)18-22-23-19(26-18)27-11(2)17(24)13-6-9-15(20)16(21)10-13/h4-11H,3H2,1-2H3/t11-/m0/s1. The van der Waals surface area contributed by atoms with Gasteiger partial charge in [0.05, 0.1) is 11.9 Å². The molecule has 0 unspecified atom stereocenters. The van der Waals surface area contributed by atoms with Crippen LogP contribution in [-0.2, 0) is 0 Å². The molecule has 1 heterocycles. The van der Waals surface area contributed by atoms with Gasteiger partial charge in [0, 0.05) is 11.1 Å².